The summed E-state index contributed by atoms with van der Waals surface area (Å²) in [6.45, 7) is 0. The summed E-state index contributed by atoms with van der Waals surface area (Å²) < 4.78 is 0. The third-order valence-electron chi connectivity index (χ3n) is 0. The first-order chi connectivity index (χ1) is 1.73. The van der Waals surface area contributed by atoms with Crippen LogP contribution >= 0.6 is 0 Å². The lowest BCUT2D eigenvalue weighted by Gasteiger charge is -1.84. The Kier molecular flexibility index (Phi) is 7.90. The van der Waals surface area contributed by atoms with Gasteiger partial charge in [0.2, 0.25) is 0 Å². The Balaban J connectivity index is 0. The van der Waals surface area contributed by atoms with Gasteiger partial charge in [0.05, 0.1) is 5.39 Å². The van der Waals surface area contributed by atoms with Gasteiger partial charge < -0.3 is 0 Å². The van der Waals surface area contributed by atoms with Crippen LogP contribution in [0.5, 0.6) is 0 Å². The van der Waals surface area contributed by atoms with E-state index >= 15 is 0 Å². The summed E-state index contributed by atoms with van der Waals surface area (Å²) in [4.78, 5) is 0. The molecule has 0 fully saturated rings. The molecule has 0 atom stereocenters. The van der Waals surface area contributed by atoms with Gasteiger partial charge in [-0.2, -0.15) is 0 Å². The molecule has 3 N–H and O–H groups in total. The summed E-state index contributed by atoms with van der Waals surface area (Å²) in [7, 11) is 0. The Morgan fingerprint density at radius 2 is 1.00 bits per heavy atom. The molecule has 0 rings (SSSR count). The van der Waals surface area contributed by atoms with Gasteiger partial charge in [-0.25, -0.2) is 0 Å². The molecule has 29 valence electrons. The standard InChI is InChI=1S/Al.H3NO3/c;2-1(3)4/h;2-4H. The predicted molar refractivity (Wildman–Crippen MR) is 13.0 cm³/mol. The van der Waals surface area contributed by atoms with Crippen molar-refractivity contribution in [2.24, 2.45) is 0 Å². The predicted octanol–water partition coefficient (Wildman–Crippen LogP) is -0.925. The van der Waals surface area contributed by atoms with Gasteiger partial charge in [0, 0.05) is 17.4 Å². The molecule has 0 saturated heterocycles. The molecule has 0 aromatic heterocycles. The second kappa shape index (κ2) is 4.37. The molecule has 0 aliphatic heterocycles. The van der Waals surface area contributed by atoms with E-state index in [1.807, 2.05) is 0 Å². The zero-order valence-corrected chi connectivity index (χ0v) is 3.52. The molecule has 0 heterocycles. The second-order valence-electron chi connectivity index (χ2n) is 0.268. The fraction of sp³-hybridized carbons (Fsp3) is 0. The van der Waals surface area contributed by atoms with Gasteiger partial charge in [-0.1, -0.05) is 0 Å². The monoisotopic (exact) mass is 92.0 g/mol. The number of rotatable bonds is 0. The first kappa shape index (κ1) is 9.03. The molecule has 3 radical (unpaired) electrons. The summed E-state index contributed by atoms with van der Waals surface area (Å²) in [5.74, 6) is 0. The van der Waals surface area contributed by atoms with Crippen molar-refractivity contribution in [3.63, 3.8) is 0 Å². The van der Waals surface area contributed by atoms with Crippen LogP contribution < -0.4 is 0 Å². The summed E-state index contributed by atoms with van der Waals surface area (Å²) >= 11 is 0. The van der Waals surface area contributed by atoms with Crippen molar-refractivity contribution in [2.75, 3.05) is 0 Å². The van der Waals surface area contributed by atoms with Gasteiger partial charge in [-0.05, 0) is 0 Å². The minimum Gasteiger partial charge on any atom is -0.266 e. The fourth-order valence-corrected chi connectivity index (χ4v) is 0. The van der Waals surface area contributed by atoms with E-state index in [0.29, 0.717) is 0 Å². The van der Waals surface area contributed by atoms with Crippen molar-refractivity contribution in [2.45, 2.75) is 0 Å². The number of nitrogens with zero attached hydrogens (tertiary/aromatic N) is 1. The Morgan fingerprint density at radius 1 is 1.00 bits per heavy atom. The molecule has 5 heavy (non-hydrogen) atoms. The van der Waals surface area contributed by atoms with Gasteiger partial charge in [-0.3, -0.25) is 15.6 Å². The topological polar surface area (TPSA) is 63.9 Å². The van der Waals surface area contributed by atoms with Gasteiger partial charge >= 0.3 is 0 Å². The first-order valence-electron chi connectivity index (χ1n) is 0.600. The van der Waals surface area contributed by atoms with E-state index in [2.05, 4.69) is 0 Å². The van der Waals surface area contributed by atoms with Crippen LogP contribution in [0.1, 0.15) is 0 Å². The van der Waals surface area contributed by atoms with Gasteiger partial charge in [0.25, 0.3) is 0 Å². The summed E-state index contributed by atoms with van der Waals surface area (Å²) in [5.41, 5.74) is 0. The van der Waals surface area contributed by atoms with Crippen LogP contribution in [-0.4, -0.2) is 38.4 Å². The third-order valence-corrected chi connectivity index (χ3v) is 0. The molecule has 0 saturated carbocycles. The largest absolute Gasteiger partial charge is 0.266 e. The second-order valence-corrected chi connectivity index (χ2v) is 0.268. The van der Waals surface area contributed by atoms with E-state index in [1.165, 1.54) is 0 Å². The molecule has 0 aliphatic rings. The van der Waals surface area contributed by atoms with Crippen molar-refractivity contribution in [1.29, 1.82) is 0 Å². The maximum atomic E-state index is 7.00. The molecule has 0 aliphatic carbocycles. The fourth-order valence-electron chi connectivity index (χ4n) is 0. The van der Waals surface area contributed by atoms with E-state index in [9.17, 15) is 0 Å². The van der Waals surface area contributed by atoms with Gasteiger partial charge in [0.15, 0.2) is 0 Å². The highest BCUT2D eigenvalue weighted by Gasteiger charge is 1.64. The maximum absolute atomic E-state index is 7.00. The van der Waals surface area contributed by atoms with Crippen LogP contribution in [0, 0.1) is 0 Å². The van der Waals surface area contributed by atoms with Crippen molar-refractivity contribution in [1.82, 2.24) is 5.39 Å². The van der Waals surface area contributed by atoms with E-state index in [4.69, 9.17) is 15.6 Å². The molecule has 0 unspecified atom stereocenters. The van der Waals surface area contributed by atoms with Crippen molar-refractivity contribution in [3.8, 4) is 0 Å². The quantitative estimate of drug-likeness (QED) is 0.267. The van der Waals surface area contributed by atoms with Crippen LogP contribution in [0.25, 0.3) is 0 Å². The SMILES string of the molecule is ON(O)O.[Al]. The molecule has 4 nitrogen and oxygen atoms in total. The molecule has 5 heteroatoms. The first-order valence-corrected chi connectivity index (χ1v) is 0.600. The minimum atomic E-state index is -1.00. The van der Waals surface area contributed by atoms with Gasteiger partial charge in [-0.15, -0.1) is 0 Å². The maximum Gasteiger partial charge on any atom is 0.0685 e. The van der Waals surface area contributed by atoms with Crippen LogP contribution in [0.15, 0.2) is 0 Å². The molecular weight excluding hydrogens is 89.0 g/mol. The van der Waals surface area contributed by atoms with Crippen LogP contribution in [-0.2, 0) is 0 Å². The average molecular weight is 92.0 g/mol. The summed E-state index contributed by atoms with van der Waals surface area (Å²) in [6.07, 6.45) is 0. The van der Waals surface area contributed by atoms with Crippen LogP contribution in [0.4, 0.5) is 0 Å². The normalized spacial score (nSPS) is 7.20. The smallest absolute Gasteiger partial charge is 0.0685 e. The average Bonchev–Trinajstić information content (AvgIpc) is 0.811. The van der Waals surface area contributed by atoms with Crippen LogP contribution in [0.2, 0.25) is 0 Å². The Bertz CT molecular complexity index is 11.6. The zero-order valence-electron chi connectivity index (χ0n) is 2.37. The summed E-state index contributed by atoms with van der Waals surface area (Å²) in [6, 6.07) is 0. The van der Waals surface area contributed by atoms with Crippen molar-refractivity contribution < 1.29 is 15.6 Å². The lowest BCUT2D eigenvalue weighted by atomic mass is 13.0. The molecule has 0 aromatic rings. The van der Waals surface area contributed by atoms with Crippen molar-refractivity contribution in [3.05, 3.63) is 0 Å². The van der Waals surface area contributed by atoms with E-state index < -0.39 is 5.39 Å². The molecule has 0 amide bonds. The van der Waals surface area contributed by atoms with E-state index in [1.54, 1.807) is 0 Å². The number of hydrogen-bond donors (Lipinski definition) is 3. The Labute approximate surface area is 39.3 Å². The Morgan fingerprint density at radius 3 is 1.00 bits per heavy atom. The molecule has 0 aromatic carbocycles. The Hall–Kier alpha value is 0.372. The lowest BCUT2D eigenvalue weighted by Crippen LogP contribution is -2.04. The molecule has 0 bridgehead atoms. The summed E-state index contributed by atoms with van der Waals surface area (Å²) in [5, 5.41) is 20.0. The molecule has 0 spiro atoms. The lowest BCUT2D eigenvalue weighted by molar-refractivity contribution is -0.472. The number of hydrogen-bond acceptors (Lipinski definition) is 4. The van der Waals surface area contributed by atoms with E-state index in [0.717, 1.165) is 0 Å². The van der Waals surface area contributed by atoms with E-state index in [-0.39, 0.29) is 17.4 Å². The minimum absolute atomic E-state index is 0. The highest BCUT2D eigenvalue weighted by atomic mass is 27.0. The van der Waals surface area contributed by atoms with Crippen molar-refractivity contribution >= 4 is 17.4 Å². The van der Waals surface area contributed by atoms with Gasteiger partial charge in [0.1, 0.15) is 0 Å². The van der Waals surface area contributed by atoms with Crippen LogP contribution in [0.3, 0.4) is 0 Å². The zero-order chi connectivity index (χ0) is 3.58. The third kappa shape index (κ3) is 177. The highest BCUT2D eigenvalue weighted by molar-refractivity contribution is 5.75. The molecular formula is H3AlNO3. The highest BCUT2D eigenvalue weighted by Crippen LogP contribution is 1.43.